The second kappa shape index (κ2) is 3.05. The predicted molar refractivity (Wildman–Crippen MR) is 33.9 cm³/mol. The normalized spacial score (nSPS) is 12.0. The number of hydrogen-bond acceptors (Lipinski definition) is 2. The first kappa shape index (κ1) is 7.92. The van der Waals surface area contributed by atoms with Crippen LogP contribution in [0.4, 0.5) is 0 Å². The van der Waals surface area contributed by atoms with Crippen LogP contribution in [-0.2, 0) is 0 Å². The van der Waals surface area contributed by atoms with Gasteiger partial charge >= 0.3 is 0 Å². The molecule has 0 bridgehead atoms. The quantitative estimate of drug-likeness (QED) is 0.549. The van der Waals surface area contributed by atoms with E-state index in [1.807, 2.05) is 20.8 Å². The third-order valence-electron chi connectivity index (χ3n) is 1.83. The number of rotatable bonds is 3. The average Bonchev–Trinajstić information content (AvgIpc) is 1.87. The smallest absolute Gasteiger partial charge is 0.0396 e. The molecule has 0 fully saturated rings. The Labute approximate surface area is 50.9 Å². The van der Waals surface area contributed by atoms with Gasteiger partial charge in [-0.1, -0.05) is 13.8 Å². The van der Waals surface area contributed by atoms with Crippen LogP contribution in [0.3, 0.4) is 0 Å². The van der Waals surface area contributed by atoms with Crippen LogP contribution in [0.25, 0.3) is 0 Å². The second-order valence-electron chi connectivity index (χ2n) is 2.38. The minimum absolute atomic E-state index is 0.0694. The van der Waals surface area contributed by atoms with Crippen molar-refractivity contribution in [2.45, 2.75) is 39.2 Å². The minimum Gasteiger partial charge on any atom is -0.316 e. The lowest BCUT2D eigenvalue weighted by Crippen LogP contribution is -2.38. The second-order valence-corrected chi connectivity index (χ2v) is 2.38. The Hall–Kier alpha value is -0.0800. The van der Waals surface area contributed by atoms with Crippen LogP contribution >= 0.6 is 0 Å². The van der Waals surface area contributed by atoms with Gasteiger partial charge in [0.1, 0.15) is 0 Å². The number of hydrogen-bond donors (Lipinski definition) is 2. The number of hydroxylamine groups is 1. The van der Waals surface area contributed by atoms with Gasteiger partial charge in [0.25, 0.3) is 0 Å². The third kappa shape index (κ3) is 1.80. The maximum Gasteiger partial charge on any atom is 0.0396 e. The van der Waals surface area contributed by atoms with Gasteiger partial charge in [-0.05, 0) is 19.8 Å². The van der Waals surface area contributed by atoms with Gasteiger partial charge < -0.3 is 5.21 Å². The summed E-state index contributed by atoms with van der Waals surface area (Å²) in [6, 6.07) is 0. The zero-order chi connectivity index (χ0) is 6.62. The van der Waals surface area contributed by atoms with Crippen LogP contribution in [0.5, 0.6) is 0 Å². The monoisotopic (exact) mass is 117 g/mol. The van der Waals surface area contributed by atoms with Gasteiger partial charge in [0.05, 0.1) is 0 Å². The Morgan fingerprint density at radius 2 is 1.75 bits per heavy atom. The van der Waals surface area contributed by atoms with E-state index in [2.05, 4.69) is 5.48 Å². The summed E-state index contributed by atoms with van der Waals surface area (Å²) in [5.41, 5.74) is 2.21. The van der Waals surface area contributed by atoms with Crippen LogP contribution < -0.4 is 5.48 Å². The van der Waals surface area contributed by atoms with Crippen LogP contribution in [0, 0.1) is 0 Å². The van der Waals surface area contributed by atoms with Crippen LogP contribution in [0.15, 0.2) is 0 Å². The molecule has 8 heavy (non-hydrogen) atoms. The molecule has 0 aliphatic heterocycles. The highest BCUT2D eigenvalue weighted by Gasteiger charge is 2.16. The Balaban J connectivity index is 3.58. The van der Waals surface area contributed by atoms with Crippen molar-refractivity contribution in [3.05, 3.63) is 0 Å². The lowest BCUT2D eigenvalue weighted by atomic mass is 9.97. The minimum atomic E-state index is -0.0694. The van der Waals surface area contributed by atoms with E-state index in [-0.39, 0.29) is 5.54 Å². The highest BCUT2D eigenvalue weighted by atomic mass is 16.5. The summed E-state index contributed by atoms with van der Waals surface area (Å²) in [6.07, 6.45) is 1.92. The summed E-state index contributed by atoms with van der Waals surface area (Å²) < 4.78 is 0. The zero-order valence-corrected chi connectivity index (χ0v) is 5.86. The third-order valence-corrected chi connectivity index (χ3v) is 1.83. The molecule has 0 atom stereocenters. The Kier molecular flexibility index (Phi) is 3.02. The largest absolute Gasteiger partial charge is 0.316 e. The number of nitrogens with one attached hydrogen (secondary N) is 1. The molecule has 50 valence electrons. The Bertz CT molecular complexity index is 51.3. The predicted octanol–water partition coefficient (Wildman–Crippen LogP) is 1.54. The van der Waals surface area contributed by atoms with E-state index in [1.54, 1.807) is 0 Å². The molecule has 0 aliphatic rings. The fraction of sp³-hybridized carbons (Fsp3) is 1.00. The zero-order valence-electron chi connectivity index (χ0n) is 5.86. The van der Waals surface area contributed by atoms with Gasteiger partial charge in [0, 0.05) is 5.54 Å². The summed E-state index contributed by atoms with van der Waals surface area (Å²) in [5.74, 6) is 0. The van der Waals surface area contributed by atoms with Gasteiger partial charge in [-0.25, -0.2) is 0 Å². The van der Waals surface area contributed by atoms with Crippen molar-refractivity contribution in [2.24, 2.45) is 0 Å². The molecule has 0 aromatic rings. The van der Waals surface area contributed by atoms with E-state index in [0.717, 1.165) is 12.8 Å². The molecule has 0 amide bonds. The first-order chi connectivity index (χ1) is 3.68. The molecular weight excluding hydrogens is 102 g/mol. The first-order valence-corrected chi connectivity index (χ1v) is 3.09. The molecule has 0 saturated heterocycles. The summed E-state index contributed by atoms with van der Waals surface area (Å²) in [5, 5.41) is 8.54. The molecule has 0 heterocycles. The average molecular weight is 117 g/mol. The highest BCUT2D eigenvalue weighted by Crippen LogP contribution is 2.11. The fourth-order valence-corrected chi connectivity index (χ4v) is 0.408. The molecule has 0 aromatic carbocycles. The van der Waals surface area contributed by atoms with Crippen molar-refractivity contribution >= 4 is 0 Å². The maximum atomic E-state index is 8.54. The molecule has 0 aromatic heterocycles. The lowest BCUT2D eigenvalue weighted by Gasteiger charge is -2.23. The Morgan fingerprint density at radius 3 is 1.75 bits per heavy atom. The molecule has 2 nitrogen and oxygen atoms in total. The summed E-state index contributed by atoms with van der Waals surface area (Å²) >= 11 is 0. The van der Waals surface area contributed by atoms with E-state index in [9.17, 15) is 0 Å². The lowest BCUT2D eigenvalue weighted by molar-refractivity contribution is 0.0663. The van der Waals surface area contributed by atoms with E-state index < -0.39 is 0 Å². The molecular formula is C6H15NO. The fourth-order valence-electron chi connectivity index (χ4n) is 0.408. The molecule has 2 heteroatoms. The van der Waals surface area contributed by atoms with Crippen molar-refractivity contribution in [3.8, 4) is 0 Å². The van der Waals surface area contributed by atoms with Gasteiger partial charge in [0.2, 0.25) is 0 Å². The van der Waals surface area contributed by atoms with Gasteiger partial charge in [-0.15, -0.1) is 0 Å². The molecule has 0 unspecified atom stereocenters. The molecule has 0 saturated carbocycles. The molecule has 2 N–H and O–H groups in total. The molecule has 0 rings (SSSR count). The maximum absolute atomic E-state index is 8.54. The van der Waals surface area contributed by atoms with Gasteiger partial charge in [0.15, 0.2) is 0 Å². The standard InChI is InChI=1S/C6H15NO/c1-4-6(3,5-2)7-8/h7-8H,4-5H2,1-3H3. The summed E-state index contributed by atoms with van der Waals surface area (Å²) in [4.78, 5) is 0. The SMILES string of the molecule is CCC(C)(CC)NO. The van der Waals surface area contributed by atoms with E-state index in [0.29, 0.717) is 0 Å². The Morgan fingerprint density at radius 1 is 1.38 bits per heavy atom. The topological polar surface area (TPSA) is 32.3 Å². The van der Waals surface area contributed by atoms with Gasteiger partial charge in [-0.2, -0.15) is 5.48 Å². The van der Waals surface area contributed by atoms with E-state index >= 15 is 0 Å². The van der Waals surface area contributed by atoms with E-state index in [1.165, 1.54) is 0 Å². The van der Waals surface area contributed by atoms with Crippen molar-refractivity contribution < 1.29 is 5.21 Å². The summed E-state index contributed by atoms with van der Waals surface area (Å²) in [6.45, 7) is 6.09. The van der Waals surface area contributed by atoms with Crippen molar-refractivity contribution in [3.63, 3.8) is 0 Å². The van der Waals surface area contributed by atoms with Crippen molar-refractivity contribution in [1.29, 1.82) is 0 Å². The molecule has 0 radical (unpaired) electrons. The van der Waals surface area contributed by atoms with E-state index in [4.69, 9.17) is 5.21 Å². The molecule has 0 spiro atoms. The summed E-state index contributed by atoms with van der Waals surface area (Å²) in [7, 11) is 0. The van der Waals surface area contributed by atoms with Crippen molar-refractivity contribution in [1.82, 2.24) is 5.48 Å². The van der Waals surface area contributed by atoms with Crippen molar-refractivity contribution in [2.75, 3.05) is 0 Å². The molecule has 0 aliphatic carbocycles. The van der Waals surface area contributed by atoms with Crippen LogP contribution in [0.1, 0.15) is 33.6 Å². The highest BCUT2D eigenvalue weighted by molar-refractivity contribution is 4.74. The van der Waals surface area contributed by atoms with Gasteiger partial charge in [-0.3, -0.25) is 0 Å². The van der Waals surface area contributed by atoms with Crippen LogP contribution in [-0.4, -0.2) is 10.7 Å². The van der Waals surface area contributed by atoms with Crippen LogP contribution in [0.2, 0.25) is 0 Å². The first-order valence-electron chi connectivity index (χ1n) is 3.09.